The highest BCUT2D eigenvalue weighted by Crippen LogP contribution is 2.19. The van der Waals surface area contributed by atoms with E-state index in [1.165, 1.54) is 7.11 Å². The molecule has 0 saturated heterocycles. The summed E-state index contributed by atoms with van der Waals surface area (Å²) in [6.45, 7) is 5.52. The fourth-order valence-corrected chi connectivity index (χ4v) is 1.32. The second-order valence-electron chi connectivity index (χ2n) is 5.27. The van der Waals surface area contributed by atoms with Gasteiger partial charge in [-0.1, -0.05) is 26.8 Å². The smallest absolute Gasteiger partial charge is 0.250 e. The van der Waals surface area contributed by atoms with Crippen LogP contribution >= 0.6 is 0 Å². The molecule has 0 saturated carbocycles. The van der Waals surface area contributed by atoms with Crippen LogP contribution in [0.3, 0.4) is 0 Å². The zero-order chi connectivity index (χ0) is 14.5. The highest BCUT2D eigenvalue weighted by molar-refractivity contribution is 5.96. The van der Waals surface area contributed by atoms with Crippen molar-refractivity contribution in [2.45, 2.75) is 20.8 Å². The van der Waals surface area contributed by atoms with Gasteiger partial charge in [-0.25, -0.2) is 0 Å². The molecular weight excluding hydrogens is 244 g/mol. The largest absolute Gasteiger partial charge is 0.375 e. The van der Waals surface area contributed by atoms with E-state index < -0.39 is 5.41 Å². The van der Waals surface area contributed by atoms with E-state index >= 15 is 0 Å². The van der Waals surface area contributed by atoms with Gasteiger partial charge in [-0.05, 0) is 18.2 Å². The van der Waals surface area contributed by atoms with Gasteiger partial charge in [0.15, 0.2) is 0 Å². The van der Waals surface area contributed by atoms with E-state index in [4.69, 9.17) is 4.74 Å². The second kappa shape index (κ2) is 6.33. The fourth-order valence-electron chi connectivity index (χ4n) is 1.32. The van der Waals surface area contributed by atoms with Crippen LogP contribution in [0, 0.1) is 5.41 Å². The molecule has 0 aliphatic carbocycles. The molecule has 0 bridgehead atoms. The number of methoxy groups -OCH3 is 1. The van der Waals surface area contributed by atoms with Crippen molar-refractivity contribution < 1.29 is 14.3 Å². The molecule has 0 fully saturated rings. The van der Waals surface area contributed by atoms with Crippen LogP contribution in [0.25, 0.3) is 0 Å². The van der Waals surface area contributed by atoms with E-state index in [0.29, 0.717) is 11.4 Å². The highest BCUT2D eigenvalue weighted by atomic mass is 16.5. The first-order chi connectivity index (χ1) is 8.82. The summed E-state index contributed by atoms with van der Waals surface area (Å²) < 4.78 is 4.73. The van der Waals surface area contributed by atoms with Crippen LogP contribution in [-0.2, 0) is 14.3 Å². The maximum atomic E-state index is 11.9. The Bertz CT molecular complexity index is 464. The van der Waals surface area contributed by atoms with Gasteiger partial charge in [-0.3, -0.25) is 9.59 Å². The number of benzene rings is 1. The molecule has 1 rings (SSSR count). The summed E-state index contributed by atoms with van der Waals surface area (Å²) in [6, 6.07) is 6.99. The summed E-state index contributed by atoms with van der Waals surface area (Å²) in [7, 11) is 1.46. The molecule has 1 aromatic rings. The third-order valence-corrected chi connectivity index (χ3v) is 2.36. The lowest BCUT2D eigenvalue weighted by molar-refractivity contribution is -0.123. The van der Waals surface area contributed by atoms with Gasteiger partial charge in [-0.2, -0.15) is 0 Å². The van der Waals surface area contributed by atoms with Gasteiger partial charge in [0.25, 0.3) is 0 Å². The third kappa shape index (κ3) is 5.09. The molecule has 2 N–H and O–H groups in total. The summed E-state index contributed by atoms with van der Waals surface area (Å²) >= 11 is 0. The van der Waals surface area contributed by atoms with Crippen molar-refractivity contribution in [1.29, 1.82) is 0 Å². The predicted octanol–water partition coefficient (Wildman–Crippen LogP) is 2.26. The van der Waals surface area contributed by atoms with Gasteiger partial charge in [0.05, 0.1) is 0 Å². The van der Waals surface area contributed by atoms with Crippen molar-refractivity contribution in [1.82, 2.24) is 0 Å². The molecule has 0 aliphatic heterocycles. The molecule has 0 heterocycles. The number of hydrogen-bond donors (Lipinski definition) is 2. The average Bonchev–Trinajstić information content (AvgIpc) is 2.28. The molecular formula is C14H20N2O3. The van der Waals surface area contributed by atoms with Crippen molar-refractivity contribution in [3.8, 4) is 0 Å². The Kier molecular flexibility index (Phi) is 5.06. The van der Waals surface area contributed by atoms with Crippen LogP contribution in [0.2, 0.25) is 0 Å². The van der Waals surface area contributed by atoms with Crippen LogP contribution in [0.5, 0.6) is 0 Å². The molecule has 1 aromatic carbocycles. The average molecular weight is 264 g/mol. The van der Waals surface area contributed by atoms with Crippen molar-refractivity contribution >= 4 is 23.2 Å². The van der Waals surface area contributed by atoms with E-state index in [-0.39, 0.29) is 18.4 Å². The number of ether oxygens (including phenoxy) is 1. The van der Waals surface area contributed by atoms with Gasteiger partial charge in [0.1, 0.15) is 6.61 Å². The third-order valence-electron chi connectivity index (χ3n) is 2.36. The Morgan fingerprint density at radius 3 is 2.26 bits per heavy atom. The first-order valence-electron chi connectivity index (χ1n) is 6.03. The maximum Gasteiger partial charge on any atom is 0.250 e. The maximum absolute atomic E-state index is 11.9. The zero-order valence-electron chi connectivity index (χ0n) is 11.7. The molecule has 0 radical (unpaired) electrons. The van der Waals surface area contributed by atoms with Crippen molar-refractivity contribution in [3.05, 3.63) is 24.3 Å². The van der Waals surface area contributed by atoms with Crippen LogP contribution in [-0.4, -0.2) is 25.5 Å². The van der Waals surface area contributed by atoms with Gasteiger partial charge in [0.2, 0.25) is 11.8 Å². The lowest BCUT2D eigenvalue weighted by Gasteiger charge is -2.18. The Balaban J connectivity index is 2.72. The molecule has 5 heteroatoms. The molecule has 0 aromatic heterocycles. The molecule has 0 spiro atoms. The molecule has 0 unspecified atom stereocenters. The standard InChI is InChI=1S/C14H20N2O3/c1-14(2,3)13(18)16-11-7-5-6-10(8-11)15-12(17)9-19-4/h5-8H,9H2,1-4H3,(H,15,17)(H,16,18). The van der Waals surface area contributed by atoms with E-state index in [1.807, 2.05) is 20.8 Å². The van der Waals surface area contributed by atoms with E-state index in [2.05, 4.69) is 10.6 Å². The van der Waals surface area contributed by atoms with Crippen LogP contribution in [0.15, 0.2) is 24.3 Å². The number of carbonyl (C=O) groups excluding carboxylic acids is 2. The molecule has 104 valence electrons. The first-order valence-corrected chi connectivity index (χ1v) is 6.03. The normalized spacial score (nSPS) is 10.9. The molecule has 0 atom stereocenters. The summed E-state index contributed by atoms with van der Waals surface area (Å²) in [5.41, 5.74) is 0.805. The number of carbonyl (C=O) groups is 2. The molecule has 19 heavy (non-hydrogen) atoms. The summed E-state index contributed by atoms with van der Waals surface area (Å²) in [5.74, 6) is -0.310. The SMILES string of the molecule is COCC(=O)Nc1cccc(NC(=O)C(C)(C)C)c1. The van der Waals surface area contributed by atoms with E-state index in [0.717, 1.165) is 0 Å². The van der Waals surface area contributed by atoms with Crippen LogP contribution in [0.1, 0.15) is 20.8 Å². The molecule has 0 aliphatic rings. The fraction of sp³-hybridized carbons (Fsp3) is 0.429. The van der Waals surface area contributed by atoms with Crippen LogP contribution < -0.4 is 10.6 Å². The lowest BCUT2D eigenvalue weighted by Crippen LogP contribution is -2.27. The van der Waals surface area contributed by atoms with Crippen molar-refractivity contribution in [2.75, 3.05) is 24.4 Å². The van der Waals surface area contributed by atoms with Crippen LogP contribution in [0.4, 0.5) is 11.4 Å². The van der Waals surface area contributed by atoms with Gasteiger partial charge < -0.3 is 15.4 Å². The Morgan fingerprint density at radius 1 is 1.16 bits per heavy atom. The lowest BCUT2D eigenvalue weighted by atomic mass is 9.95. The Labute approximate surface area is 113 Å². The molecule has 2 amide bonds. The predicted molar refractivity (Wildman–Crippen MR) is 75.0 cm³/mol. The zero-order valence-corrected chi connectivity index (χ0v) is 11.7. The number of amides is 2. The topological polar surface area (TPSA) is 67.4 Å². The van der Waals surface area contributed by atoms with Crippen molar-refractivity contribution in [3.63, 3.8) is 0 Å². The number of nitrogens with one attached hydrogen (secondary N) is 2. The molecule has 5 nitrogen and oxygen atoms in total. The monoisotopic (exact) mass is 264 g/mol. The number of rotatable bonds is 4. The summed E-state index contributed by atoms with van der Waals surface area (Å²) in [6.07, 6.45) is 0. The minimum absolute atomic E-state index is 0.00141. The summed E-state index contributed by atoms with van der Waals surface area (Å²) in [4.78, 5) is 23.2. The first kappa shape index (κ1) is 15.2. The highest BCUT2D eigenvalue weighted by Gasteiger charge is 2.21. The Morgan fingerprint density at radius 2 is 1.74 bits per heavy atom. The van der Waals surface area contributed by atoms with Gasteiger partial charge >= 0.3 is 0 Å². The minimum Gasteiger partial charge on any atom is -0.375 e. The van der Waals surface area contributed by atoms with Crippen molar-refractivity contribution in [2.24, 2.45) is 5.41 Å². The number of anilines is 2. The Hall–Kier alpha value is -1.88. The minimum atomic E-state index is -0.463. The van der Waals surface area contributed by atoms with Gasteiger partial charge in [0, 0.05) is 23.9 Å². The van der Waals surface area contributed by atoms with Gasteiger partial charge in [-0.15, -0.1) is 0 Å². The quantitative estimate of drug-likeness (QED) is 0.876. The van der Waals surface area contributed by atoms with E-state index in [9.17, 15) is 9.59 Å². The van der Waals surface area contributed by atoms with E-state index in [1.54, 1.807) is 24.3 Å². The number of hydrogen-bond acceptors (Lipinski definition) is 3. The summed E-state index contributed by atoms with van der Waals surface area (Å²) in [5, 5.41) is 5.49. The second-order valence-corrected chi connectivity index (χ2v) is 5.27.